The number of hydrogen-bond donors (Lipinski definition) is 1. The van der Waals surface area contributed by atoms with Gasteiger partial charge in [-0.2, -0.15) is 0 Å². The van der Waals surface area contributed by atoms with Crippen molar-refractivity contribution in [3.63, 3.8) is 0 Å². The Kier molecular flexibility index (Phi) is 4.11. The maximum atomic E-state index is 12.7. The van der Waals surface area contributed by atoms with E-state index in [0.717, 1.165) is 36.4 Å². The minimum absolute atomic E-state index is 0.0826. The van der Waals surface area contributed by atoms with Crippen molar-refractivity contribution in [2.24, 2.45) is 0 Å². The number of anilines is 2. The Hall–Kier alpha value is -2.00. The van der Waals surface area contributed by atoms with Crippen molar-refractivity contribution in [3.05, 3.63) is 59.1 Å². The summed E-state index contributed by atoms with van der Waals surface area (Å²) in [6, 6.07) is 15.4. The topological polar surface area (TPSA) is 32.3 Å². The highest BCUT2D eigenvalue weighted by Gasteiger charge is 2.21. The summed E-state index contributed by atoms with van der Waals surface area (Å²) in [5, 5.41) is 4.01. The molecule has 3 rings (SSSR count). The number of fused-ring (bicyclic) bond motifs is 1. The number of nitrogens with zero attached hydrogens (tertiary/aromatic N) is 1. The first-order chi connectivity index (χ1) is 10.3. The Morgan fingerprint density at radius 1 is 1.14 bits per heavy atom. The van der Waals surface area contributed by atoms with Gasteiger partial charge in [-0.3, -0.25) is 4.79 Å². The number of para-hydroxylation sites is 2. The van der Waals surface area contributed by atoms with Crippen LogP contribution in [0.3, 0.4) is 0 Å². The van der Waals surface area contributed by atoms with Gasteiger partial charge in [0.1, 0.15) is 0 Å². The third-order valence-electron chi connectivity index (χ3n) is 3.67. The lowest BCUT2D eigenvalue weighted by Crippen LogP contribution is -2.32. The molecule has 1 N–H and O–H groups in total. The average Bonchev–Trinajstić information content (AvgIpc) is 2.72. The molecule has 0 aliphatic carbocycles. The Morgan fingerprint density at radius 2 is 1.90 bits per heavy atom. The van der Waals surface area contributed by atoms with E-state index in [2.05, 4.69) is 5.32 Å². The molecule has 1 amide bonds. The fourth-order valence-electron chi connectivity index (χ4n) is 2.60. The van der Waals surface area contributed by atoms with Gasteiger partial charge in [0.2, 0.25) is 5.91 Å². The van der Waals surface area contributed by atoms with Gasteiger partial charge in [-0.05, 0) is 30.2 Å². The third kappa shape index (κ3) is 3.03. The SMILES string of the molecule is O=C(Cc1ccccc1Cl)N1CCCNc2ccccc21. The van der Waals surface area contributed by atoms with E-state index in [1.54, 1.807) is 0 Å². The lowest BCUT2D eigenvalue weighted by molar-refractivity contribution is -0.118. The standard InChI is InChI=1S/C17H17ClN2O/c18-14-7-2-1-6-13(14)12-17(21)20-11-5-10-19-15-8-3-4-9-16(15)20/h1-4,6-9,19H,5,10-12H2. The fraction of sp³-hybridized carbons (Fsp3) is 0.235. The van der Waals surface area contributed by atoms with E-state index in [1.807, 2.05) is 53.4 Å². The minimum atomic E-state index is 0.0826. The Morgan fingerprint density at radius 3 is 2.76 bits per heavy atom. The number of carbonyl (C=O) groups is 1. The van der Waals surface area contributed by atoms with Crippen LogP contribution in [0.2, 0.25) is 5.02 Å². The van der Waals surface area contributed by atoms with Crippen molar-refractivity contribution in [2.75, 3.05) is 23.3 Å². The molecule has 0 atom stereocenters. The Labute approximate surface area is 129 Å². The molecule has 0 spiro atoms. The lowest BCUT2D eigenvalue weighted by Gasteiger charge is -2.22. The summed E-state index contributed by atoms with van der Waals surface area (Å²) < 4.78 is 0. The molecule has 0 unspecified atom stereocenters. The molecule has 0 aromatic heterocycles. The van der Waals surface area contributed by atoms with Crippen LogP contribution in [0.25, 0.3) is 0 Å². The second-order valence-electron chi connectivity index (χ2n) is 5.11. The van der Waals surface area contributed by atoms with Crippen molar-refractivity contribution in [3.8, 4) is 0 Å². The molecule has 2 aromatic rings. The molecule has 21 heavy (non-hydrogen) atoms. The highest BCUT2D eigenvalue weighted by Crippen LogP contribution is 2.29. The molecule has 1 aliphatic heterocycles. The Balaban J connectivity index is 1.86. The molecule has 2 aromatic carbocycles. The predicted molar refractivity (Wildman–Crippen MR) is 87.1 cm³/mol. The van der Waals surface area contributed by atoms with Gasteiger partial charge in [0, 0.05) is 18.1 Å². The number of carbonyl (C=O) groups excluding carboxylic acids is 1. The highest BCUT2D eigenvalue weighted by molar-refractivity contribution is 6.31. The third-order valence-corrected chi connectivity index (χ3v) is 4.04. The molecule has 0 saturated heterocycles. The summed E-state index contributed by atoms with van der Waals surface area (Å²) in [6.45, 7) is 1.61. The van der Waals surface area contributed by atoms with Crippen molar-refractivity contribution in [2.45, 2.75) is 12.8 Å². The summed E-state index contributed by atoms with van der Waals surface area (Å²) in [7, 11) is 0. The quantitative estimate of drug-likeness (QED) is 0.916. The lowest BCUT2D eigenvalue weighted by atomic mass is 10.1. The van der Waals surface area contributed by atoms with Crippen LogP contribution < -0.4 is 10.2 Å². The van der Waals surface area contributed by atoms with Crippen LogP contribution in [-0.2, 0) is 11.2 Å². The molecule has 1 heterocycles. The molecule has 4 heteroatoms. The minimum Gasteiger partial charge on any atom is -0.383 e. The number of rotatable bonds is 2. The van der Waals surface area contributed by atoms with Gasteiger partial charge in [-0.25, -0.2) is 0 Å². The van der Waals surface area contributed by atoms with Crippen LogP contribution in [-0.4, -0.2) is 19.0 Å². The largest absolute Gasteiger partial charge is 0.383 e. The van der Waals surface area contributed by atoms with Crippen molar-refractivity contribution >= 4 is 28.9 Å². The number of nitrogens with one attached hydrogen (secondary N) is 1. The number of benzene rings is 2. The van der Waals surface area contributed by atoms with Gasteiger partial charge < -0.3 is 10.2 Å². The zero-order valence-corrected chi connectivity index (χ0v) is 12.4. The Bertz CT molecular complexity index is 657. The second-order valence-corrected chi connectivity index (χ2v) is 5.52. The zero-order valence-electron chi connectivity index (χ0n) is 11.7. The zero-order chi connectivity index (χ0) is 14.7. The molecule has 0 bridgehead atoms. The summed E-state index contributed by atoms with van der Waals surface area (Å²) in [5.41, 5.74) is 2.84. The monoisotopic (exact) mass is 300 g/mol. The summed E-state index contributed by atoms with van der Waals surface area (Å²) in [5.74, 6) is 0.0826. The molecule has 0 fully saturated rings. The van der Waals surface area contributed by atoms with Crippen LogP contribution in [0.5, 0.6) is 0 Å². The first-order valence-electron chi connectivity index (χ1n) is 7.12. The van der Waals surface area contributed by atoms with E-state index >= 15 is 0 Å². The van der Waals surface area contributed by atoms with Gasteiger partial charge in [-0.1, -0.05) is 41.9 Å². The average molecular weight is 301 g/mol. The van der Waals surface area contributed by atoms with Crippen molar-refractivity contribution < 1.29 is 4.79 Å². The highest BCUT2D eigenvalue weighted by atomic mass is 35.5. The second kappa shape index (κ2) is 6.19. The number of halogens is 1. The van der Waals surface area contributed by atoms with Crippen LogP contribution in [0, 0.1) is 0 Å². The number of hydrogen-bond acceptors (Lipinski definition) is 2. The first kappa shape index (κ1) is 14.0. The molecule has 0 radical (unpaired) electrons. The van der Waals surface area contributed by atoms with E-state index in [-0.39, 0.29) is 5.91 Å². The molecule has 3 nitrogen and oxygen atoms in total. The van der Waals surface area contributed by atoms with Gasteiger partial charge in [0.15, 0.2) is 0 Å². The van der Waals surface area contributed by atoms with Crippen molar-refractivity contribution in [1.29, 1.82) is 0 Å². The molecule has 1 aliphatic rings. The summed E-state index contributed by atoms with van der Waals surface area (Å²) in [4.78, 5) is 14.5. The van der Waals surface area contributed by atoms with Crippen molar-refractivity contribution in [1.82, 2.24) is 0 Å². The van der Waals surface area contributed by atoms with E-state index in [9.17, 15) is 4.79 Å². The first-order valence-corrected chi connectivity index (χ1v) is 7.50. The van der Waals surface area contributed by atoms with E-state index in [0.29, 0.717) is 11.4 Å². The van der Waals surface area contributed by atoms with Crippen LogP contribution >= 0.6 is 11.6 Å². The van der Waals surface area contributed by atoms with Gasteiger partial charge >= 0.3 is 0 Å². The van der Waals surface area contributed by atoms with Crippen LogP contribution in [0.1, 0.15) is 12.0 Å². The fourth-order valence-corrected chi connectivity index (χ4v) is 2.80. The molecule has 0 saturated carbocycles. The smallest absolute Gasteiger partial charge is 0.231 e. The number of amides is 1. The summed E-state index contributed by atoms with van der Waals surface area (Å²) in [6.07, 6.45) is 1.26. The molecular weight excluding hydrogens is 284 g/mol. The maximum absolute atomic E-state index is 12.7. The van der Waals surface area contributed by atoms with E-state index < -0.39 is 0 Å². The predicted octanol–water partition coefficient (Wildman–Crippen LogP) is 3.73. The van der Waals surface area contributed by atoms with Crippen LogP contribution in [0.4, 0.5) is 11.4 Å². The van der Waals surface area contributed by atoms with Gasteiger partial charge in [0.25, 0.3) is 0 Å². The summed E-state index contributed by atoms with van der Waals surface area (Å²) >= 11 is 6.16. The van der Waals surface area contributed by atoms with Gasteiger partial charge in [-0.15, -0.1) is 0 Å². The maximum Gasteiger partial charge on any atom is 0.231 e. The normalized spacial score (nSPS) is 14.0. The van der Waals surface area contributed by atoms with E-state index in [4.69, 9.17) is 11.6 Å². The molecule has 108 valence electrons. The van der Waals surface area contributed by atoms with Gasteiger partial charge in [0.05, 0.1) is 17.8 Å². The molecular formula is C17H17ClN2O. The van der Waals surface area contributed by atoms with E-state index in [1.165, 1.54) is 0 Å². The van der Waals surface area contributed by atoms with Crippen LogP contribution in [0.15, 0.2) is 48.5 Å².